The first kappa shape index (κ1) is 18.9. The van der Waals surface area contributed by atoms with Crippen molar-refractivity contribution in [2.75, 3.05) is 18.8 Å². The molecule has 0 radical (unpaired) electrons. The predicted molar refractivity (Wildman–Crippen MR) is 90.0 cm³/mol. The lowest BCUT2D eigenvalue weighted by Crippen LogP contribution is -2.47. The van der Waals surface area contributed by atoms with E-state index in [1.54, 1.807) is 4.31 Å². The van der Waals surface area contributed by atoms with Crippen LogP contribution in [0.1, 0.15) is 72.1 Å². The van der Waals surface area contributed by atoms with Crippen molar-refractivity contribution in [3.63, 3.8) is 0 Å². The molecule has 1 rings (SSSR count). The summed E-state index contributed by atoms with van der Waals surface area (Å²) in [6, 6.07) is 1.03. The second-order valence-electron chi connectivity index (χ2n) is 6.41. The van der Waals surface area contributed by atoms with Gasteiger partial charge >= 0.3 is 0 Å². The normalized spacial score (nSPS) is 19.8. The zero-order valence-electron chi connectivity index (χ0n) is 14.1. The average molecular weight is 319 g/mol. The van der Waals surface area contributed by atoms with Gasteiger partial charge in [0.1, 0.15) is 0 Å². The topological polar surface area (TPSA) is 49.4 Å². The fourth-order valence-corrected chi connectivity index (χ4v) is 4.59. The highest BCUT2D eigenvalue weighted by Crippen LogP contribution is 2.16. The fourth-order valence-electron chi connectivity index (χ4n) is 3.05. The van der Waals surface area contributed by atoms with Crippen LogP contribution in [-0.4, -0.2) is 43.6 Å². The molecule has 1 aliphatic heterocycles. The van der Waals surface area contributed by atoms with Gasteiger partial charge in [0.05, 0.1) is 5.75 Å². The van der Waals surface area contributed by atoms with Gasteiger partial charge in [-0.3, -0.25) is 0 Å². The van der Waals surface area contributed by atoms with E-state index in [0.717, 1.165) is 12.8 Å². The highest BCUT2D eigenvalue weighted by atomic mass is 32.2. The summed E-state index contributed by atoms with van der Waals surface area (Å²) in [6.07, 6.45) is 9.07. The Balaban J connectivity index is 2.24. The Hall–Kier alpha value is -0.130. The Bertz CT molecular complexity index is 362. The monoisotopic (exact) mass is 318 g/mol. The molecule has 0 bridgehead atoms. The third-order valence-electron chi connectivity index (χ3n) is 4.32. The van der Waals surface area contributed by atoms with Gasteiger partial charge in [-0.25, -0.2) is 12.7 Å². The number of rotatable bonds is 10. The zero-order chi connectivity index (χ0) is 15.7. The van der Waals surface area contributed by atoms with Gasteiger partial charge in [-0.15, -0.1) is 0 Å². The summed E-state index contributed by atoms with van der Waals surface area (Å²) in [4.78, 5) is 0. The van der Waals surface area contributed by atoms with Gasteiger partial charge in [0.2, 0.25) is 10.0 Å². The molecule has 0 aromatic rings. The van der Waals surface area contributed by atoms with E-state index in [1.807, 2.05) is 6.92 Å². The van der Waals surface area contributed by atoms with Crippen LogP contribution in [0.5, 0.6) is 0 Å². The van der Waals surface area contributed by atoms with Gasteiger partial charge in [0.25, 0.3) is 0 Å². The van der Waals surface area contributed by atoms with E-state index in [2.05, 4.69) is 19.2 Å². The van der Waals surface area contributed by atoms with E-state index in [4.69, 9.17) is 0 Å². The van der Waals surface area contributed by atoms with Gasteiger partial charge in [-0.05, 0) is 32.6 Å². The third-order valence-corrected chi connectivity index (χ3v) is 6.40. The van der Waals surface area contributed by atoms with E-state index in [1.165, 1.54) is 32.1 Å². The largest absolute Gasteiger partial charge is 0.311 e. The van der Waals surface area contributed by atoms with E-state index < -0.39 is 10.0 Å². The molecule has 21 heavy (non-hydrogen) atoms. The highest BCUT2D eigenvalue weighted by Gasteiger charge is 2.27. The van der Waals surface area contributed by atoms with Crippen molar-refractivity contribution in [1.82, 2.24) is 9.62 Å². The summed E-state index contributed by atoms with van der Waals surface area (Å²) in [6.45, 7) is 7.78. The molecule has 1 unspecified atom stereocenters. The molecule has 5 heteroatoms. The molecular weight excluding hydrogens is 284 g/mol. The average Bonchev–Trinajstić information content (AvgIpc) is 2.44. The summed E-state index contributed by atoms with van der Waals surface area (Å²) < 4.78 is 25.7. The zero-order valence-corrected chi connectivity index (χ0v) is 14.9. The van der Waals surface area contributed by atoms with Crippen molar-refractivity contribution in [2.24, 2.45) is 0 Å². The minimum Gasteiger partial charge on any atom is -0.311 e. The number of sulfonamides is 1. The lowest BCUT2D eigenvalue weighted by atomic mass is 10.0. The molecule has 0 aromatic carbocycles. The highest BCUT2D eigenvalue weighted by molar-refractivity contribution is 7.89. The number of nitrogens with one attached hydrogen (secondary N) is 1. The molecule has 0 spiro atoms. The van der Waals surface area contributed by atoms with Crippen molar-refractivity contribution in [3.8, 4) is 0 Å². The lowest BCUT2D eigenvalue weighted by molar-refractivity contribution is 0.272. The molecule has 0 saturated carbocycles. The minimum absolute atomic E-state index is 0.291. The Kier molecular flexibility index (Phi) is 8.83. The Morgan fingerprint density at radius 2 is 1.76 bits per heavy atom. The van der Waals surface area contributed by atoms with Crippen LogP contribution in [0.3, 0.4) is 0 Å². The van der Waals surface area contributed by atoms with Crippen LogP contribution < -0.4 is 5.32 Å². The van der Waals surface area contributed by atoms with Crippen molar-refractivity contribution >= 4 is 10.0 Å². The minimum atomic E-state index is -3.00. The first-order valence-electron chi connectivity index (χ1n) is 8.73. The van der Waals surface area contributed by atoms with Crippen LogP contribution in [0, 0.1) is 0 Å². The van der Waals surface area contributed by atoms with E-state index >= 15 is 0 Å². The third kappa shape index (κ3) is 7.11. The Labute approximate surface area is 131 Å². The summed E-state index contributed by atoms with van der Waals surface area (Å²) in [5.41, 5.74) is 0. The van der Waals surface area contributed by atoms with Crippen molar-refractivity contribution in [3.05, 3.63) is 0 Å². The predicted octanol–water partition coefficient (Wildman–Crippen LogP) is 3.14. The van der Waals surface area contributed by atoms with Crippen LogP contribution in [0.15, 0.2) is 0 Å². The van der Waals surface area contributed by atoms with Crippen molar-refractivity contribution in [2.45, 2.75) is 84.2 Å². The number of nitrogens with zero attached hydrogens (tertiary/aromatic N) is 1. The molecule has 4 nitrogen and oxygen atoms in total. The lowest BCUT2D eigenvalue weighted by Gasteiger charge is -2.33. The quantitative estimate of drug-likeness (QED) is 0.630. The Morgan fingerprint density at radius 3 is 2.33 bits per heavy atom. The van der Waals surface area contributed by atoms with Gasteiger partial charge in [0.15, 0.2) is 0 Å². The molecule has 1 atom stereocenters. The van der Waals surface area contributed by atoms with Crippen molar-refractivity contribution in [1.29, 1.82) is 0 Å². The SMILES string of the molecule is CCCCCCC(C)NC1CCN(S(=O)(=O)CCC)CC1. The van der Waals surface area contributed by atoms with Gasteiger partial charge in [-0.1, -0.05) is 39.5 Å². The molecule has 1 saturated heterocycles. The molecular formula is C16H34N2O2S. The van der Waals surface area contributed by atoms with Crippen molar-refractivity contribution < 1.29 is 8.42 Å². The second-order valence-corrected chi connectivity index (χ2v) is 8.49. The summed E-state index contributed by atoms with van der Waals surface area (Å²) in [5, 5.41) is 3.68. The number of hydrogen-bond acceptors (Lipinski definition) is 3. The summed E-state index contributed by atoms with van der Waals surface area (Å²) in [5.74, 6) is 0.291. The second kappa shape index (κ2) is 9.80. The molecule has 0 aliphatic carbocycles. The number of unbranched alkanes of at least 4 members (excludes halogenated alkanes) is 3. The van der Waals surface area contributed by atoms with E-state index in [-0.39, 0.29) is 0 Å². The number of hydrogen-bond donors (Lipinski definition) is 1. The van der Waals surface area contributed by atoms with Crippen LogP contribution in [0.25, 0.3) is 0 Å². The smallest absolute Gasteiger partial charge is 0.214 e. The first-order chi connectivity index (χ1) is 9.99. The van der Waals surface area contributed by atoms with Crippen LogP contribution in [0.2, 0.25) is 0 Å². The molecule has 1 heterocycles. The van der Waals surface area contributed by atoms with Gasteiger partial charge < -0.3 is 5.32 Å². The molecule has 0 aromatic heterocycles. The molecule has 126 valence electrons. The number of piperidine rings is 1. The molecule has 1 aliphatic rings. The summed E-state index contributed by atoms with van der Waals surface area (Å²) >= 11 is 0. The molecule has 1 N–H and O–H groups in total. The van der Waals surface area contributed by atoms with Crippen LogP contribution in [-0.2, 0) is 10.0 Å². The van der Waals surface area contributed by atoms with E-state index in [9.17, 15) is 8.42 Å². The van der Waals surface area contributed by atoms with Gasteiger partial charge in [0, 0.05) is 25.2 Å². The molecule has 1 fully saturated rings. The fraction of sp³-hybridized carbons (Fsp3) is 1.00. The van der Waals surface area contributed by atoms with Gasteiger partial charge in [-0.2, -0.15) is 0 Å². The maximum Gasteiger partial charge on any atom is 0.214 e. The van der Waals surface area contributed by atoms with Crippen LogP contribution >= 0.6 is 0 Å². The standard InChI is InChI=1S/C16H34N2O2S/c1-4-6-7-8-9-15(3)17-16-10-12-18(13-11-16)21(19,20)14-5-2/h15-17H,4-14H2,1-3H3. The summed E-state index contributed by atoms with van der Waals surface area (Å²) in [7, 11) is -3.00. The Morgan fingerprint density at radius 1 is 1.10 bits per heavy atom. The van der Waals surface area contributed by atoms with Crippen LogP contribution in [0.4, 0.5) is 0 Å². The maximum atomic E-state index is 12.0. The molecule has 0 amide bonds. The first-order valence-corrected chi connectivity index (χ1v) is 10.3. The maximum absolute atomic E-state index is 12.0. The van der Waals surface area contributed by atoms with E-state index in [0.29, 0.717) is 37.3 Å².